The van der Waals surface area contributed by atoms with Crippen LogP contribution in [0, 0.1) is 0 Å². The third kappa shape index (κ3) is 3.20. The Kier molecular flexibility index (Phi) is 4.16. The molecule has 0 aliphatic rings. The summed E-state index contributed by atoms with van der Waals surface area (Å²) in [6.45, 7) is 2.98. The first-order valence-corrected chi connectivity index (χ1v) is 5.00. The van der Waals surface area contributed by atoms with E-state index >= 15 is 0 Å². The van der Waals surface area contributed by atoms with Crippen LogP contribution in [0.25, 0.3) is 0 Å². The molecule has 0 fully saturated rings. The number of rotatable bonds is 6. The molecule has 1 N–H and O–H groups in total. The number of aromatic carboxylic acids is 1. The van der Waals surface area contributed by atoms with Crippen LogP contribution in [0.1, 0.15) is 43.1 Å². The molecule has 1 aromatic rings. The molecule has 0 aliphatic heterocycles. The summed E-state index contributed by atoms with van der Waals surface area (Å²) in [6, 6.07) is 1.53. The largest absolute Gasteiger partial charge is 0.476 e. The monoisotopic (exact) mass is 196 g/mol. The summed E-state index contributed by atoms with van der Waals surface area (Å²) < 4.78 is 1.69. The van der Waals surface area contributed by atoms with Gasteiger partial charge in [-0.3, -0.25) is 4.68 Å². The highest BCUT2D eigenvalue weighted by Gasteiger charge is 2.05. The highest BCUT2D eigenvalue weighted by Crippen LogP contribution is 2.02. The van der Waals surface area contributed by atoms with Crippen LogP contribution < -0.4 is 0 Å². The number of carbonyl (C=O) groups is 1. The van der Waals surface area contributed by atoms with E-state index in [4.69, 9.17) is 5.11 Å². The van der Waals surface area contributed by atoms with Crippen LogP contribution in [0.3, 0.4) is 0 Å². The molecule has 14 heavy (non-hydrogen) atoms. The van der Waals surface area contributed by atoms with Crippen molar-refractivity contribution >= 4 is 5.97 Å². The molecule has 1 heterocycles. The summed E-state index contributed by atoms with van der Waals surface area (Å²) in [5, 5.41) is 12.6. The SMILES string of the molecule is CCCCCCn1ccc(C(=O)O)n1. The fourth-order valence-corrected chi connectivity index (χ4v) is 1.30. The van der Waals surface area contributed by atoms with Gasteiger partial charge in [0.2, 0.25) is 0 Å². The Labute approximate surface area is 83.5 Å². The molecule has 0 unspecified atom stereocenters. The normalized spacial score (nSPS) is 10.4. The van der Waals surface area contributed by atoms with Crippen molar-refractivity contribution in [1.82, 2.24) is 9.78 Å². The summed E-state index contributed by atoms with van der Waals surface area (Å²) in [6.07, 6.45) is 6.40. The number of aryl methyl sites for hydroxylation is 1. The molecular formula is C10H16N2O2. The molecule has 1 aromatic heterocycles. The van der Waals surface area contributed by atoms with Gasteiger partial charge in [-0.2, -0.15) is 5.10 Å². The highest BCUT2D eigenvalue weighted by atomic mass is 16.4. The molecule has 78 valence electrons. The highest BCUT2D eigenvalue weighted by molar-refractivity contribution is 5.84. The average molecular weight is 196 g/mol. The summed E-state index contributed by atoms with van der Waals surface area (Å²) in [5.74, 6) is -0.961. The van der Waals surface area contributed by atoms with E-state index in [-0.39, 0.29) is 5.69 Å². The molecule has 0 spiro atoms. The summed E-state index contributed by atoms with van der Waals surface area (Å²) in [7, 11) is 0. The minimum Gasteiger partial charge on any atom is -0.476 e. The van der Waals surface area contributed by atoms with Gasteiger partial charge in [0.1, 0.15) is 0 Å². The van der Waals surface area contributed by atoms with Gasteiger partial charge in [-0.15, -0.1) is 0 Å². The van der Waals surface area contributed by atoms with Crippen molar-refractivity contribution < 1.29 is 9.90 Å². The minimum absolute atomic E-state index is 0.125. The zero-order chi connectivity index (χ0) is 10.4. The molecule has 0 aliphatic carbocycles. The zero-order valence-electron chi connectivity index (χ0n) is 8.44. The van der Waals surface area contributed by atoms with E-state index in [9.17, 15) is 4.79 Å². The second-order valence-electron chi connectivity index (χ2n) is 3.33. The lowest BCUT2D eigenvalue weighted by molar-refractivity contribution is 0.0689. The third-order valence-electron chi connectivity index (χ3n) is 2.10. The molecule has 4 heteroatoms. The van der Waals surface area contributed by atoms with Crippen molar-refractivity contribution in [3.05, 3.63) is 18.0 Å². The molecule has 0 atom stereocenters. The number of aromatic nitrogens is 2. The molecule has 0 amide bonds. The first-order valence-electron chi connectivity index (χ1n) is 5.00. The maximum Gasteiger partial charge on any atom is 0.356 e. The maximum atomic E-state index is 10.5. The van der Waals surface area contributed by atoms with Crippen molar-refractivity contribution in [3.63, 3.8) is 0 Å². The lowest BCUT2D eigenvalue weighted by atomic mass is 10.2. The van der Waals surface area contributed by atoms with Crippen LogP contribution >= 0.6 is 0 Å². The van der Waals surface area contributed by atoms with Gasteiger partial charge >= 0.3 is 5.97 Å². The lowest BCUT2D eigenvalue weighted by Crippen LogP contribution is -2.02. The summed E-state index contributed by atoms with van der Waals surface area (Å²) in [5.41, 5.74) is 0.125. The molecule has 4 nitrogen and oxygen atoms in total. The van der Waals surface area contributed by atoms with Gasteiger partial charge in [0.15, 0.2) is 5.69 Å². The van der Waals surface area contributed by atoms with E-state index in [0.717, 1.165) is 13.0 Å². The van der Waals surface area contributed by atoms with Crippen LogP contribution in [0.5, 0.6) is 0 Å². The average Bonchev–Trinajstić information content (AvgIpc) is 2.61. The van der Waals surface area contributed by atoms with Gasteiger partial charge in [0.25, 0.3) is 0 Å². The standard InChI is InChI=1S/C10H16N2O2/c1-2-3-4-5-7-12-8-6-9(11-12)10(13)14/h6,8H,2-5,7H2,1H3,(H,13,14). The van der Waals surface area contributed by atoms with Crippen molar-refractivity contribution in [2.24, 2.45) is 0 Å². The van der Waals surface area contributed by atoms with Gasteiger partial charge in [-0.25, -0.2) is 4.79 Å². The Morgan fingerprint density at radius 1 is 1.50 bits per heavy atom. The Morgan fingerprint density at radius 2 is 2.29 bits per heavy atom. The van der Waals surface area contributed by atoms with Gasteiger partial charge in [-0.05, 0) is 12.5 Å². The van der Waals surface area contributed by atoms with Gasteiger partial charge in [0.05, 0.1) is 0 Å². The molecular weight excluding hydrogens is 180 g/mol. The van der Waals surface area contributed by atoms with Crippen LogP contribution in [0.4, 0.5) is 0 Å². The Bertz CT molecular complexity index is 294. The number of nitrogens with zero attached hydrogens (tertiary/aromatic N) is 2. The predicted octanol–water partition coefficient (Wildman–Crippen LogP) is 2.16. The lowest BCUT2D eigenvalue weighted by Gasteiger charge is -1.99. The molecule has 0 saturated carbocycles. The number of hydrogen-bond acceptors (Lipinski definition) is 2. The third-order valence-corrected chi connectivity index (χ3v) is 2.10. The van der Waals surface area contributed by atoms with E-state index in [1.165, 1.54) is 25.3 Å². The summed E-state index contributed by atoms with van der Waals surface area (Å²) >= 11 is 0. The van der Waals surface area contributed by atoms with Crippen LogP contribution in [-0.2, 0) is 6.54 Å². The van der Waals surface area contributed by atoms with Crippen molar-refractivity contribution in [1.29, 1.82) is 0 Å². The van der Waals surface area contributed by atoms with Crippen molar-refractivity contribution in [2.75, 3.05) is 0 Å². The Morgan fingerprint density at radius 3 is 2.86 bits per heavy atom. The minimum atomic E-state index is -0.961. The Hall–Kier alpha value is -1.32. The second kappa shape index (κ2) is 5.42. The number of unbranched alkanes of at least 4 members (excludes halogenated alkanes) is 3. The van der Waals surface area contributed by atoms with Gasteiger partial charge < -0.3 is 5.11 Å². The van der Waals surface area contributed by atoms with E-state index in [0.29, 0.717) is 0 Å². The maximum absolute atomic E-state index is 10.5. The van der Waals surface area contributed by atoms with Crippen LogP contribution in [0.2, 0.25) is 0 Å². The zero-order valence-corrected chi connectivity index (χ0v) is 8.44. The number of hydrogen-bond donors (Lipinski definition) is 1. The Balaban J connectivity index is 2.33. The van der Waals surface area contributed by atoms with Gasteiger partial charge in [0, 0.05) is 12.7 Å². The first kappa shape index (κ1) is 10.8. The second-order valence-corrected chi connectivity index (χ2v) is 3.33. The molecule has 0 aromatic carbocycles. The van der Waals surface area contributed by atoms with E-state index in [2.05, 4.69) is 12.0 Å². The quantitative estimate of drug-likeness (QED) is 0.709. The molecule has 0 radical (unpaired) electrons. The van der Waals surface area contributed by atoms with Crippen LogP contribution in [0.15, 0.2) is 12.3 Å². The fraction of sp³-hybridized carbons (Fsp3) is 0.600. The van der Waals surface area contributed by atoms with Crippen LogP contribution in [-0.4, -0.2) is 20.9 Å². The van der Waals surface area contributed by atoms with E-state index < -0.39 is 5.97 Å². The molecule has 0 saturated heterocycles. The predicted molar refractivity (Wildman–Crippen MR) is 53.3 cm³/mol. The first-order chi connectivity index (χ1) is 6.74. The number of carboxylic acid groups (broad SMARTS) is 1. The van der Waals surface area contributed by atoms with Gasteiger partial charge in [-0.1, -0.05) is 26.2 Å². The van der Waals surface area contributed by atoms with Crippen molar-refractivity contribution in [3.8, 4) is 0 Å². The van der Waals surface area contributed by atoms with Crippen molar-refractivity contribution in [2.45, 2.75) is 39.2 Å². The number of carboxylic acids is 1. The fourth-order valence-electron chi connectivity index (χ4n) is 1.30. The molecule has 0 bridgehead atoms. The van der Waals surface area contributed by atoms with E-state index in [1.54, 1.807) is 10.9 Å². The van der Waals surface area contributed by atoms with E-state index in [1.807, 2.05) is 0 Å². The smallest absolute Gasteiger partial charge is 0.356 e. The summed E-state index contributed by atoms with van der Waals surface area (Å²) in [4.78, 5) is 10.5. The molecule has 1 rings (SSSR count). The topological polar surface area (TPSA) is 55.1 Å².